The van der Waals surface area contributed by atoms with Gasteiger partial charge in [0.15, 0.2) is 0 Å². The zero-order chi connectivity index (χ0) is 11.5. The predicted molar refractivity (Wildman–Crippen MR) is 65.4 cm³/mol. The second-order valence-electron chi connectivity index (χ2n) is 4.17. The van der Waals surface area contributed by atoms with E-state index in [0.29, 0.717) is 6.54 Å². The van der Waals surface area contributed by atoms with Crippen LogP contribution in [0.15, 0.2) is 18.2 Å². The highest BCUT2D eigenvalue weighted by Gasteiger charge is 2.16. The van der Waals surface area contributed by atoms with Gasteiger partial charge in [0, 0.05) is 24.5 Å². The fraction of sp³-hybridized carbons (Fsp3) is 0.417. The third-order valence-electron chi connectivity index (χ3n) is 2.84. The third-order valence-corrected chi connectivity index (χ3v) is 2.84. The lowest BCUT2D eigenvalue weighted by molar-refractivity contribution is -0.119. The van der Waals surface area contributed by atoms with Crippen LogP contribution in [0.2, 0.25) is 0 Å². The summed E-state index contributed by atoms with van der Waals surface area (Å²) in [5.41, 5.74) is 8.74. The summed E-state index contributed by atoms with van der Waals surface area (Å²) in [5.74, 6) is 0.0827. The minimum absolute atomic E-state index is 0.0827. The normalized spacial score (nSPS) is 16.8. The van der Waals surface area contributed by atoms with E-state index in [1.54, 1.807) is 0 Å². The topological polar surface area (TPSA) is 58.4 Å². The third kappa shape index (κ3) is 2.27. The number of amides is 1. The van der Waals surface area contributed by atoms with Crippen LogP contribution in [-0.4, -0.2) is 25.5 Å². The average Bonchev–Trinajstić information content (AvgIpc) is 2.46. The van der Waals surface area contributed by atoms with E-state index in [0.717, 1.165) is 36.4 Å². The van der Waals surface area contributed by atoms with Crippen molar-refractivity contribution in [3.05, 3.63) is 23.8 Å². The SMILES string of the molecule is Cc1ccc(N)cc1N1CCCNC(=O)C1. The van der Waals surface area contributed by atoms with Crippen molar-refractivity contribution in [2.75, 3.05) is 30.3 Å². The molecule has 1 aliphatic rings. The maximum absolute atomic E-state index is 11.5. The molecule has 1 aromatic rings. The zero-order valence-electron chi connectivity index (χ0n) is 9.49. The van der Waals surface area contributed by atoms with Crippen LogP contribution in [0.1, 0.15) is 12.0 Å². The van der Waals surface area contributed by atoms with Crippen molar-refractivity contribution in [1.82, 2.24) is 5.32 Å². The van der Waals surface area contributed by atoms with Gasteiger partial charge in [0.05, 0.1) is 6.54 Å². The van der Waals surface area contributed by atoms with Gasteiger partial charge in [0.2, 0.25) is 5.91 Å². The summed E-state index contributed by atoms with van der Waals surface area (Å²) in [7, 11) is 0. The minimum Gasteiger partial charge on any atom is -0.399 e. The van der Waals surface area contributed by atoms with Crippen LogP contribution in [0.4, 0.5) is 11.4 Å². The molecule has 1 heterocycles. The number of hydrogen-bond donors (Lipinski definition) is 2. The molecule has 0 bridgehead atoms. The van der Waals surface area contributed by atoms with Gasteiger partial charge in [-0.15, -0.1) is 0 Å². The summed E-state index contributed by atoms with van der Waals surface area (Å²) < 4.78 is 0. The first-order valence-electron chi connectivity index (χ1n) is 5.54. The quantitative estimate of drug-likeness (QED) is 0.690. The van der Waals surface area contributed by atoms with Gasteiger partial charge in [-0.2, -0.15) is 0 Å². The van der Waals surface area contributed by atoms with Crippen LogP contribution < -0.4 is 16.0 Å². The van der Waals surface area contributed by atoms with Gasteiger partial charge in [-0.3, -0.25) is 4.79 Å². The standard InChI is InChI=1S/C12H17N3O/c1-9-3-4-10(13)7-11(9)15-6-2-5-14-12(16)8-15/h3-4,7H,2,5-6,8,13H2,1H3,(H,14,16). The minimum atomic E-state index is 0.0827. The number of rotatable bonds is 1. The molecule has 0 saturated carbocycles. The number of nitrogen functional groups attached to an aromatic ring is 1. The van der Waals surface area contributed by atoms with E-state index in [1.807, 2.05) is 25.1 Å². The second kappa shape index (κ2) is 4.43. The van der Waals surface area contributed by atoms with Gasteiger partial charge in [-0.25, -0.2) is 0 Å². The lowest BCUT2D eigenvalue weighted by Crippen LogP contribution is -2.33. The Kier molecular flexibility index (Phi) is 2.99. The molecule has 0 unspecified atom stereocenters. The van der Waals surface area contributed by atoms with Crippen LogP contribution in [0, 0.1) is 6.92 Å². The number of aryl methyl sites for hydroxylation is 1. The monoisotopic (exact) mass is 219 g/mol. The van der Waals surface area contributed by atoms with Crippen molar-refractivity contribution in [3.63, 3.8) is 0 Å². The highest BCUT2D eigenvalue weighted by Crippen LogP contribution is 2.23. The van der Waals surface area contributed by atoms with Gasteiger partial charge >= 0.3 is 0 Å². The summed E-state index contributed by atoms with van der Waals surface area (Å²) in [4.78, 5) is 13.6. The Labute approximate surface area is 95.4 Å². The molecular weight excluding hydrogens is 202 g/mol. The summed E-state index contributed by atoms with van der Waals surface area (Å²) in [6.07, 6.45) is 0.972. The lowest BCUT2D eigenvalue weighted by Gasteiger charge is -2.23. The molecule has 1 aromatic carbocycles. The zero-order valence-corrected chi connectivity index (χ0v) is 9.49. The molecule has 1 amide bonds. The molecule has 1 aliphatic heterocycles. The largest absolute Gasteiger partial charge is 0.399 e. The Morgan fingerprint density at radius 1 is 1.44 bits per heavy atom. The molecule has 0 atom stereocenters. The molecule has 2 rings (SSSR count). The van der Waals surface area contributed by atoms with Crippen molar-refractivity contribution in [2.45, 2.75) is 13.3 Å². The smallest absolute Gasteiger partial charge is 0.239 e. The fourth-order valence-corrected chi connectivity index (χ4v) is 1.98. The molecule has 1 saturated heterocycles. The molecule has 4 heteroatoms. The van der Waals surface area contributed by atoms with Crippen molar-refractivity contribution in [3.8, 4) is 0 Å². The van der Waals surface area contributed by atoms with Gasteiger partial charge in [0.25, 0.3) is 0 Å². The molecule has 0 spiro atoms. The van der Waals surface area contributed by atoms with Crippen molar-refractivity contribution in [1.29, 1.82) is 0 Å². The maximum atomic E-state index is 11.5. The lowest BCUT2D eigenvalue weighted by atomic mass is 10.1. The summed E-state index contributed by atoms with van der Waals surface area (Å²) in [5, 5.41) is 2.87. The summed E-state index contributed by atoms with van der Waals surface area (Å²) in [6.45, 7) is 4.11. The van der Waals surface area contributed by atoms with E-state index in [9.17, 15) is 4.79 Å². The van der Waals surface area contributed by atoms with E-state index < -0.39 is 0 Å². The first kappa shape index (κ1) is 10.8. The number of nitrogens with zero attached hydrogens (tertiary/aromatic N) is 1. The van der Waals surface area contributed by atoms with Gasteiger partial charge in [-0.1, -0.05) is 6.07 Å². The van der Waals surface area contributed by atoms with Crippen LogP contribution in [0.5, 0.6) is 0 Å². The fourth-order valence-electron chi connectivity index (χ4n) is 1.98. The van der Waals surface area contributed by atoms with Crippen LogP contribution in [0.25, 0.3) is 0 Å². The van der Waals surface area contributed by atoms with E-state index >= 15 is 0 Å². The van der Waals surface area contributed by atoms with Crippen molar-refractivity contribution < 1.29 is 4.79 Å². The average molecular weight is 219 g/mol. The van der Waals surface area contributed by atoms with Crippen molar-refractivity contribution in [2.24, 2.45) is 0 Å². The molecule has 1 fully saturated rings. The van der Waals surface area contributed by atoms with E-state index in [2.05, 4.69) is 10.2 Å². The first-order valence-corrected chi connectivity index (χ1v) is 5.54. The Morgan fingerprint density at radius 2 is 2.25 bits per heavy atom. The highest BCUT2D eigenvalue weighted by atomic mass is 16.2. The molecule has 0 aliphatic carbocycles. The molecule has 4 nitrogen and oxygen atoms in total. The number of nitrogens with one attached hydrogen (secondary N) is 1. The molecule has 86 valence electrons. The molecule has 0 aromatic heterocycles. The van der Waals surface area contributed by atoms with Gasteiger partial charge < -0.3 is 16.0 Å². The van der Waals surface area contributed by atoms with Gasteiger partial charge in [0.1, 0.15) is 0 Å². The number of anilines is 2. The predicted octanol–water partition coefficient (Wildman–Crippen LogP) is 0.904. The first-order chi connectivity index (χ1) is 7.66. The molecular formula is C12H17N3O. The number of carbonyl (C=O) groups excluding carboxylic acids is 1. The maximum Gasteiger partial charge on any atom is 0.239 e. The number of benzene rings is 1. The van der Waals surface area contributed by atoms with Crippen LogP contribution >= 0.6 is 0 Å². The highest BCUT2D eigenvalue weighted by molar-refractivity contribution is 5.82. The van der Waals surface area contributed by atoms with E-state index in [4.69, 9.17) is 5.73 Å². The van der Waals surface area contributed by atoms with E-state index in [-0.39, 0.29) is 5.91 Å². The molecule has 16 heavy (non-hydrogen) atoms. The molecule has 0 radical (unpaired) electrons. The van der Waals surface area contributed by atoms with E-state index in [1.165, 1.54) is 0 Å². The van der Waals surface area contributed by atoms with Gasteiger partial charge in [-0.05, 0) is 31.0 Å². The van der Waals surface area contributed by atoms with Crippen LogP contribution in [-0.2, 0) is 4.79 Å². The summed E-state index contributed by atoms with van der Waals surface area (Å²) in [6, 6.07) is 5.82. The van der Waals surface area contributed by atoms with Crippen LogP contribution in [0.3, 0.4) is 0 Å². The Balaban J connectivity index is 2.27. The summed E-state index contributed by atoms with van der Waals surface area (Å²) >= 11 is 0. The Bertz CT molecular complexity index is 403. The van der Waals surface area contributed by atoms with Crippen molar-refractivity contribution >= 4 is 17.3 Å². The second-order valence-corrected chi connectivity index (χ2v) is 4.17. The number of hydrogen-bond acceptors (Lipinski definition) is 3. The number of carbonyl (C=O) groups is 1. The molecule has 3 N–H and O–H groups in total. The number of nitrogens with two attached hydrogens (primary N) is 1. The Hall–Kier alpha value is -1.71. The Morgan fingerprint density at radius 3 is 3.06 bits per heavy atom.